The summed E-state index contributed by atoms with van der Waals surface area (Å²) in [7, 11) is -3.64. The van der Waals surface area contributed by atoms with Gasteiger partial charge in [0.2, 0.25) is 10.0 Å². The van der Waals surface area contributed by atoms with Crippen LogP contribution in [-0.4, -0.2) is 19.9 Å². The van der Waals surface area contributed by atoms with Crippen LogP contribution < -0.4 is 15.8 Å². The van der Waals surface area contributed by atoms with Gasteiger partial charge in [-0.15, -0.1) is 0 Å². The number of guanidine groups is 1. The van der Waals surface area contributed by atoms with Crippen molar-refractivity contribution in [1.82, 2.24) is 4.72 Å². The lowest BCUT2D eigenvalue weighted by molar-refractivity contribution is 0.491. The van der Waals surface area contributed by atoms with Gasteiger partial charge in [0, 0.05) is 11.2 Å². The second-order valence-corrected chi connectivity index (χ2v) is 8.81. The van der Waals surface area contributed by atoms with E-state index >= 15 is 0 Å². The smallest absolute Gasteiger partial charge is 0.241 e. The van der Waals surface area contributed by atoms with Crippen LogP contribution in [0.1, 0.15) is 31.9 Å². The van der Waals surface area contributed by atoms with Crippen LogP contribution in [0.3, 0.4) is 0 Å². The molecule has 140 valence electrons. The Hall–Kier alpha value is -2.38. The molecule has 0 spiro atoms. The van der Waals surface area contributed by atoms with Crippen molar-refractivity contribution < 1.29 is 8.42 Å². The topological polar surface area (TPSA) is 96.6 Å². The first-order valence-corrected chi connectivity index (χ1v) is 9.81. The number of hydrogen-bond donors (Lipinski definition) is 3. The fourth-order valence-corrected chi connectivity index (χ4v) is 4.00. The molecule has 0 aromatic heterocycles. The molecule has 4 N–H and O–H groups in total. The Balaban J connectivity index is 2.18. The van der Waals surface area contributed by atoms with Gasteiger partial charge in [-0.05, 0) is 51.5 Å². The summed E-state index contributed by atoms with van der Waals surface area (Å²) in [6, 6.07) is 14.5. The molecule has 2 rings (SSSR count). The maximum Gasteiger partial charge on any atom is 0.241 e. The zero-order valence-corrected chi connectivity index (χ0v) is 16.4. The predicted octanol–water partition coefficient (Wildman–Crippen LogP) is 3.00. The third kappa shape index (κ3) is 5.86. The highest BCUT2D eigenvalue weighted by Crippen LogP contribution is 2.18. The van der Waals surface area contributed by atoms with Crippen molar-refractivity contribution >= 4 is 21.7 Å². The SMILES string of the molecule is Cc1ccc(NC(N)=NCc2ccccc2S(=O)(=O)NC(C)(C)C)cc1. The van der Waals surface area contributed by atoms with Crippen LogP contribution in [0.5, 0.6) is 0 Å². The lowest BCUT2D eigenvalue weighted by Gasteiger charge is -2.21. The van der Waals surface area contributed by atoms with Gasteiger partial charge in [-0.25, -0.2) is 18.1 Å². The third-order valence-corrected chi connectivity index (χ3v) is 5.30. The Morgan fingerprint density at radius 3 is 2.31 bits per heavy atom. The number of benzene rings is 2. The molecule has 0 fully saturated rings. The van der Waals surface area contributed by atoms with Crippen molar-refractivity contribution in [1.29, 1.82) is 0 Å². The molecule has 0 heterocycles. The molecule has 2 aromatic carbocycles. The monoisotopic (exact) mass is 374 g/mol. The van der Waals surface area contributed by atoms with Crippen LogP contribution in [0.15, 0.2) is 58.4 Å². The second-order valence-electron chi connectivity index (χ2n) is 7.16. The van der Waals surface area contributed by atoms with Crippen molar-refractivity contribution in [2.24, 2.45) is 10.7 Å². The van der Waals surface area contributed by atoms with E-state index in [0.29, 0.717) is 5.56 Å². The number of rotatable bonds is 5. The van der Waals surface area contributed by atoms with E-state index in [4.69, 9.17) is 5.73 Å². The van der Waals surface area contributed by atoms with Gasteiger partial charge < -0.3 is 11.1 Å². The maximum atomic E-state index is 12.6. The van der Waals surface area contributed by atoms with Crippen LogP contribution in [-0.2, 0) is 16.6 Å². The lowest BCUT2D eigenvalue weighted by atomic mass is 10.1. The summed E-state index contributed by atoms with van der Waals surface area (Å²) in [4.78, 5) is 4.48. The number of anilines is 1. The summed E-state index contributed by atoms with van der Waals surface area (Å²) in [5, 5.41) is 3.00. The zero-order valence-electron chi connectivity index (χ0n) is 15.6. The van der Waals surface area contributed by atoms with Gasteiger partial charge in [0.25, 0.3) is 0 Å². The summed E-state index contributed by atoms with van der Waals surface area (Å²) < 4.78 is 27.9. The van der Waals surface area contributed by atoms with Gasteiger partial charge in [-0.3, -0.25) is 0 Å². The van der Waals surface area contributed by atoms with Crippen LogP contribution >= 0.6 is 0 Å². The predicted molar refractivity (Wildman–Crippen MR) is 107 cm³/mol. The van der Waals surface area contributed by atoms with Crippen LogP contribution in [0, 0.1) is 6.92 Å². The Labute approximate surface area is 155 Å². The molecule has 0 unspecified atom stereocenters. The van der Waals surface area contributed by atoms with Crippen molar-refractivity contribution in [2.75, 3.05) is 5.32 Å². The number of aliphatic imine (C=N–C) groups is 1. The molecule has 7 heteroatoms. The van der Waals surface area contributed by atoms with Crippen molar-refractivity contribution in [3.63, 3.8) is 0 Å². The summed E-state index contributed by atoms with van der Waals surface area (Å²) >= 11 is 0. The van der Waals surface area contributed by atoms with Gasteiger partial charge in [-0.2, -0.15) is 0 Å². The van der Waals surface area contributed by atoms with Crippen LogP contribution in [0.25, 0.3) is 0 Å². The number of nitrogens with two attached hydrogens (primary N) is 1. The standard InChI is InChI=1S/C19H26N4O2S/c1-14-9-11-16(12-10-14)22-18(20)21-13-15-7-5-6-8-17(15)26(24,25)23-19(2,3)4/h5-12,23H,13H2,1-4H3,(H3,20,21,22). The summed E-state index contributed by atoms with van der Waals surface area (Å²) in [5.41, 5.74) is 7.92. The molecule has 0 atom stereocenters. The highest BCUT2D eigenvalue weighted by molar-refractivity contribution is 7.89. The van der Waals surface area contributed by atoms with E-state index in [1.165, 1.54) is 0 Å². The molecular formula is C19H26N4O2S. The minimum Gasteiger partial charge on any atom is -0.370 e. The molecule has 0 aliphatic rings. The lowest BCUT2D eigenvalue weighted by Crippen LogP contribution is -2.40. The first kappa shape index (κ1) is 19.9. The quantitative estimate of drug-likeness (QED) is 0.554. The number of aryl methyl sites for hydroxylation is 1. The molecule has 2 aromatic rings. The molecule has 6 nitrogen and oxygen atoms in total. The normalized spacial score (nSPS) is 12.8. The van der Waals surface area contributed by atoms with E-state index in [0.717, 1.165) is 11.3 Å². The van der Waals surface area contributed by atoms with E-state index in [-0.39, 0.29) is 17.4 Å². The fourth-order valence-electron chi connectivity index (χ4n) is 2.35. The van der Waals surface area contributed by atoms with Crippen LogP contribution in [0.2, 0.25) is 0 Å². The Morgan fingerprint density at radius 1 is 1.08 bits per heavy atom. The molecule has 0 aliphatic carbocycles. The van der Waals surface area contributed by atoms with Crippen molar-refractivity contribution in [3.8, 4) is 0 Å². The van der Waals surface area contributed by atoms with Gasteiger partial charge in [0.1, 0.15) is 0 Å². The van der Waals surface area contributed by atoms with Gasteiger partial charge >= 0.3 is 0 Å². The molecular weight excluding hydrogens is 348 g/mol. The first-order valence-electron chi connectivity index (χ1n) is 8.32. The molecule has 0 saturated heterocycles. The molecule has 26 heavy (non-hydrogen) atoms. The van der Waals surface area contributed by atoms with Crippen molar-refractivity contribution in [3.05, 3.63) is 59.7 Å². The van der Waals surface area contributed by atoms with E-state index in [1.807, 2.05) is 31.2 Å². The Bertz CT molecular complexity index is 883. The van der Waals surface area contributed by atoms with E-state index in [9.17, 15) is 8.42 Å². The largest absolute Gasteiger partial charge is 0.370 e. The van der Waals surface area contributed by atoms with E-state index < -0.39 is 15.6 Å². The Morgan fingerprint density at radius 2 is 1.69 bits per heavy atom. The minimum atomic E-state index is -3.64. The molecule has 0 saturated carbocycles. The van der Waals surface area contributed by atoms with E-state index in [2.05, 4.69) is 15.0 Å². The highest BCUT2D eigenvalue weighted by Gasteiger charge is 2.24. The third-order valence-electron chi connectivity index (χ3n) is 3.45. The highest BCUT2D eigenvalue weighted by atomic mass is 32.2. The Kier molecular flexibility index (Phi) is 6.05. The average Bonchev–Trinajstić information content (AvgIpc) is 2.53. The number of nitrogens with one attached hydrogen (secondary N) is 2. The van der Waals surface area contributed by atoms with Crippen molar-refractivity contribution in [2.45, 2.75) is 44.7 Å². The minimum absolute atomic E-state index is 0.159. The van der Waals surface area contributed by atoms with Crippen LogP contribution in [0.4, 0.5) is 5.69 Å². The second kappa shape index (κ2) is 7.88. The summed E-state index contributed by atoms with van der Waals surface area (Å²) in [6.07, 6.45) is 0. The molecule has 0 aliphatic heterocycles. The molecule has 0 radical (unpaired) electrons. The fraction of sp³-hybridized carbons (Fsp3) is 0.316. The van der Waals surface area contributed by atoms with Gasteiger partial charge in [0.15, 0.2) is 5.96 Å². The summed E-state index contributed by atoms with van der Waals surface area (Å²) in [6.45, 7) is 7.56. The molecule has 0 amide bonds. The number of nitrogens with zero attached hydrogens (tertiary/aromatic N) is 1. The first-order chi connectivity index (χ1) is 12.1. The molecule has 0 bridgehead atoms. The average molecular weight is 375 g/mol. The van der Waals surface area contributed by atoms with Gasteiger partial charge in [-0.1, -0.05) is 35.9 Å². The number of sulfonamides is 1. The van der Waals surface area contributed by atoms with E-state index in [1.54, 1.807) is 45.0 Å². The summed E-state index contributed by atoms with van der Waals surface area (Å²) in [5.74, 6) is 0.227. The number of hydrogen-bond acceptors (Lipinski definition) is 3. The zero-order chi connectivity index (χ0) is 19.4. The van der Waals surface area contributed by atoms with Gasteiger partial charge in [0.05, 0.1) is 11.4 Å². The maximum absolute atomic E-state index is 12.6.